The molecule has 0 aliphatic carbocycles. The van der Waals surface area contributed by atoms with Crippen LogP contribution in [0.15, 0.2) is 11.6 Å². The molecule has 0 spiro atoms. The molecule has 0 aromatic rings. The third-order valence-corrected chi connectivity index (χ3v) is 1.35. The Morgan fingerprint density at radius 3 is 2.62 bits per heavy atom. The Morgan fingerprint density at radius 1 is 1.62 bits per heavy atom. The molecule has 0 N–H and O–H groups in total. The molecule has 0 bridgehead atoms. The van der Waals surface area contributed by atoms with E-state index in [0.29, 0.717) is 24.5 Å². The van der Waals surface area contributed by atoms with E-state index in [0.717, 1.165) is 0 Å². The van der Waals surface area contributed by atoms with E-state index in [4.69, 9.17) is 5.26 Å². The summed E-state index contributed by atoms with van der Waals surface area (Å²) in [6, 6.07) is 1.98. The average molecular weight is 181 g/mol. The highest BCUT2D eigenvalue weighted by molar-refractivity contribution is 5.83. The number of allylic oxidation sites excluding steroid dienone is 1. The second-order valence-corrected chi connectivity index (χ2v) is 3.13. The van der Waals surface area contributed by atoms with Crippen LogP contribution in [0.25, 0.3) is 0 Å². The van der Waals surface area contributed by atoms with Crippen molar-refractivity contribution in [1.29, 1.82) is 5.26 Å². The first-order valence-corrected chi connectivity index (χ1v) is 4.37. The van der Waals surface area contributed by atoms with E-state index in [1.807, 2.05) is 19.9 Å². The lowest BCUT2D eigenvalue weighted by atomic mass is 10.0. The average Bonchev–Trinajstić information content (AvgIpc) is 2.02. The standard InChI is InChI=1S/C10H15NO2/c1-4-13-10(12)6-9(7-11)5-8(2)3/h6,8H,4-5H2,1-3H3. The lowest BCUT2D eigenvalue weighted by molar-refractivity contribution is -0.137. The van der Waals surface area contributed by atoms with Gasteiger partial charge in [0.05, 0.1) is 12.7 Å². The molecule has 0 rings (SSSR count). The number of esters is 1. The molecular formula is C10H15NO2. The molecule has 0 atom stereocenters. The van der Waals surface area contributed by atoms with Gasteiger partial charge in [-0.2, -0.15) is 5.26 Å². The van der Waals surface area contributed by atoms with Crippen LogP contribution in [-0.4, -0.2) is 12.6 Å². The molecule has 0 aromatic heterocycles. The maximum absolute atomic E-state index is 10.9. The molecule has 0 fully saturated rings. The summed E-state index contributed by atoms with van der Waals surface area (Å²) in [5, 5.41) is 8.67. The zero-order valence-corrected chi connectivity index (χ0v) is 8.33. The maximum atomic E-state index is 10.9. The molecule has 13 heavy (non-hydrogen) atoms. The van der Waals surface area contributed by atoms with Gasteiger partial charge in [-0.15, -0.1) is 0 Å². The third kappa shape index (κ3) is 5.92. The number of nitrogens with zero attached hydrogens (tertiary/aromatic N) is 1. The fraction of sp³-hybridized carbons (Fsp3) is 0.600. The molecule has 3 nitrogen and oxygen atoms in total. The van der Waals surface area contributed by atoms with Crippen LogP contribution in [-0.2, 0) is 9.53 Å². The van der Waals surface area contributed by atoms with Crippen LogP contribution in [0, 0.1) is 17.2 Å². The minimum absolute atomic E-state index is 0.343. The highest BCUT2D eigenvalue weighted by Gasteiger charge is 2.03. The predicted octanol–water partition coefficient (Wildman–Crippen LogP) is 2.05. The van der Waals surface area contributed by atoms with Crippen LogP contribution in [0.3, 0.4) is 0 Å². The smallest absolute Gasteiger partial charge is 0.331 e. The molecule has 0 amide bonds. The summed E-state index contributed by atoms with van der Waals surface area (Å²) in [7, 11) is 0. The zero-order valence-electron chi connectivity index (χ0n) is 8.33. The molecule has 0 aliphatic rings. The highest BCUT2D eigenvalue weighted by Crippen LogP contribution is 2.09. The molecule has 0 heterocycles. The lowest BCUT2D eigenvalue weighted by Gasteiger charge is -2.01. The Balaban J connectivity index is 4.23. The number of ether oxygens (including phenoxy) is 1. The van der Waals surface area contributed by atoms with Crippen molar-refractivity contribution in [3.05, 3.63) is 11.6 Å². The van der Waals surface area contributed by atoms with E-state index in [2.05, 4.69) is 4.74 Å². The fourth-order valence-corrected chi connectivity index (χ4v) is 0.903. The predicted molar refractivity (Wildman–Crippen MR) is 49.8 cm³/mol. The van der Waals surface area contributed by atoms with E-state index < -0.39 is 5.97 Å². The summed E-state index contributed by atoms with van der Waals surface area (Å²) in [6.07, 6.45) is 1.89. The Morgan fingerprint density at radius 2 is 2.23 bits per heavy atom. The Labute approximate surface area is 79.0 Å². The molecule has 0 unspecified atom stereocenters. The van der Waals surface area contributed by atoms with Crippen LogP contribution in [0.4, 0.5) is 0 Å². The molecule has 0 aliphatic heterocycles. The second kappa shape index (κ2) is 6.24. The van der Waals surface area contributed by atoms with Gasteiger partial charge in [-0.25, -0.2) is 4.79 Å². The summed E-state index contributed by atoms with van der Waals surface area (Å²) >= 11 is 0. The van der Waals surface area contributed by atoms with Crippen molar-refractivity contribution in [3.8, 4) is 6.07 Å². The Hall–Kier alpha value is -1.30. The molecule has 3 heteroatoms. The number of carbonyl (C=O) groups excluding carboxylic acids is 1. The number of rotatable bonds is 4. The van der Waals surface area contributed by atoms with Crippen LogP contribution in [0.5, 0.6) is 0 Å². The number of hydrogen-bond donors (Lipinski definition) is 0. The minimum Gasteiger partial charge on any atom is -0.463 e. The van der Waals surface area contributed by atoms with Crippen molar-refractivity contribution in [3.63, 3.8) is 0 Å². The van der Waals surface area contributed by atoms with E-state index in [1.54, 1.807) is 6.92 Å². The quantitative estimate of drug-likeness (QED) is 0.379. The SMILES string of the molecule is CCOC(=O)C=C(C#N)CC(C)C. The van der Waals surface area contributed by atoms with Crippen molar-refractivity contribution >= 4 is 5.97 Å². The maximum Gasteiger partial charge on any atom is 0.331 e. The van der Waals surface area contributed by atoms with Crippen LogP contribution < -0.4 is 0 Å². The van der Waals surface area contributed by atoms with Crippen molar-refractivity contribution in [2.24, 2.45) is 5.92 Å². The van der Waals surface area contributed by atoms with E-state index in [1.165, 1.54) is 6.08 Å². The summed E-state index contributed by atoms with van der Waals surface area (Å²) in [6.45, 7) is 6.07. The van der Waals surface area contributed by atoms with Crippen molar-refractivity contribution < 1.29 is 9.53 Å². The molecular weight excluding hydrogens is 166 g/mol. The Kier molecular flexibility index (Phi) is 5.62. The molecule has 0 saturated heterocycles. The van der Waals surface area contributed by atoms with Gasteiger partial charge in [0.15, 0.2) is 0 Å². The van der Waals surface area contributed by atoms with Gasteiger partial charge in [-0.3, -0.25) is 0 Å². The normalized spacial score (nSPS) is 11.2. The number of carbonyl (C=O) groups is 1. The van der Waals surface area contributed by atoms with Gasteiger partial charge < -0.3 is 4.74 Å². The van der Waals surface area contributed by atoms with E-state index >= 15 is 0 Å². The number of nitriles is 1. The molecule has 72 valence electrons. The van der Waals surface area contributed by atoms with Gasteiger partial charge in [-0.1, -0.05) is 13.8 Å². The molecule has 0 radical (unpaired) electrons. The zero-order chi connectivity index (χ0) is 10.3. The third-order valence-electron chi connectivity index (χ3n) is 1.35. The second-order valence-electron chi connectivity index (χ2n) is 3.13. The molecule has 0 aromatic carbocycles. The van der Waals surface area contributed by atoms with Crippen molar-refractivity contribution in [2.75, 3.05) is 6.61 Å². The Bertz CT molecular complexity index is 236. The van der Waals surface area contributed by atoms with E-state index in [9.17, 15) is 4.79 Å². The summed E-state index contributed by atoms with van der Waals surface area (Å²) < 4.78 is 4.69. The van der Waals surface area contributed by atoms with Crippen LogP contribution in [0.1, 0.15) is 27.2 Å². The van der Waals surface area contributed by atoms with Crippen LogP contribution >= 0.6 is 0 Å². The van der Waals surface area contributed by atoms with Gasteiger partial charge in [0, 0.05) is 11.6 Å². The first kappa shape index (κ1) is 11.7. The first-order valence-electron chi connectivity index (χ1n) is 4.37. The highest BCUT2D eigenvalue weighted by atomic mass is 16.5. The van der Waals surface area contributed by atoms with Gasteiger partial charge in [-0.05, 0) is 19.3 Å². The number of hydrogen-bond acceptors (Lipinski definition) is 3. The van der Waals surface area contributed by atoms with Gasteiger partial charge >= 0.3 is 5.97 Å². The minimum atomic E-state index is -0.431. The van der Waals surface area contributed by atoms with Gasteiger partial charge in [0.1, 0.15) is 0 Å². The topological polar surface area (TPSA) is 50.1 Å². The van der Waals surface area contributed by atoms with Gasteiger partial charge in [0.25, 0.3) is 0 Å². The van der Waals surface area contributed by atoms with Crippen molar-refractivity contribution in [1.82, 2.24) is 0 Å². The molecule has 0 saturated carbocycles. The van der Waals surface area contributed by atoms with Gasteiger partial charge in [0.2, 0.25) is 0 Å². The monoisotopic (exact) mass is 181 g/mol. The van der Waals surface area contributed by atoms with Crippen LogP contribution in [0.2, 0.25) is 0 Å². The first-order chi connectivity index (χ1) is 6.10. The largest absolute Gasteiger partial charge is 0.463 e. The van der Waals surface area contributed by atoms with E-state index in [-0.39, 0.29) is 0 Å². The summed E-state index contributed by atoms with van der Waals surface area (Å²) in [5.41, 5.74) is 0.480. The summed E-state index contributed by atoms with van der Waals surface area (Å²) in [4.78, 5) is 10.9. The van der Waals surface area contributed by atoms with Crippen molar-refractivity contribution in [2.45, 2.75) is 27.2 Å². The lowest BCUT2D eigenvalue weighted by Crippen LogP contribution is -2.01. The fourth-order valence-electron chi connectivity index (χ4n) is 0.903. The summed E-state index contributed by atoms with van der Waals surface area (Å²) in [5.74, 6) is -0.0555.